The van der Waals surface area contributed by atoms with Crippen LogP contribution in [0.25, 0.3) is 0 Å². The fraction of sp³-hybridized carbons (Fsp3) is 0.750. The van der Waals surface area contributed by atoms with Gasteiger partial charge in [-0.3, -0.25) is 9.59 Å². The molecule has 0 aromatic carbocycles. The zero-order valence-electron chi connectivity index (χ0n) is 11.6. The third-order valence-corrected chi connectivity index (χ3v) is 3.05. The largest absolute Gasteiger partial charge is 0.480 e. The number of nitrogens with zero attached hydrogens (tertiary/aromatic N) is 2. The highest BCUT2D eigenvalue weighted by atomic mass is 16.4. The summed E-state index contributed by atoms with van der Waals surface area (Å²) in [5.41, 5.74) is 0. The molecule has 0 aliphatic heterocycles. The van der Waals surface area contributed by atoms with Crippen LogP contribution >= 0.6 is 0 Å². The van der Waals surface area contributed by atoms with Gasteiger partial charge in [0.05, 0.1) is 0 Å². The molecule has 2 amide bonds. The number of hydrogen-bond donors (Lipinski definition) is 1. The van der Waals surface area contributed by atoms with Gasteiger partial charge in [0, 0.05) is 21.1 Å². The molecular formula is C12H22N2O4. The highest BCUT2D eigenvalue weighted by molar-refractivity contribution is 5.98. The summed E-state index contributed by atoms with van der Waals surface area (Å²) in [4.78, 5) is 36.9. The van der Waals surface area contributed by atoms with E-state index in [1.165, 1.54) is 11.9 Å². The maximum absolute atomic E-state index is 11.8. The van der Waals surface area contributed by atoms with Gasteiger partial charge in [0.2, 0.25) is 11.8 Å². The fourth-order valence-corrected chi connectivity index (χ4v) is 1.58. The first kappa shape index (κ1) is 16.4. The molecule has 0 heterocycles. The molecule has 6 nitrogen and oxygen atoms in total. The lowest BCUT2D eigenvalue weighted by Gasteiger charge is -2.29. The Morgan fingerprint density at radius 1 is 1.11 bits per heavy atom. The molecule has 2 unspecified atom stereocenters. The van der Waals surface area contributed by atoms with Crippen LogP contribution in [-0.2, 0) is 14.4 Å². The van der Waals surface area contributed by atoms with E-state index < -0.39 is 17.9 Å². The molecule has 0 spiro atoms. The number of rotatable bonds is 6. The lowest BCUT2D eigenvalue weighted by Crippen LogP contribution is -2.47. The molecule has 2 atom stereocenters. The molecule has 6 heteroatoms. The summed E-state index contributed by atoms with van der Waals surface area (Å²) in [6, 6.07) is -0.891. The molecule has 0 bridgehead atoms. The third-order valence-electron chi connectivity index (χ3n) is 3.05. The SMILES string of the molecule is CCC(C)C(C(=O)O)N(C)C(=O)CC(=O)N(C)C. The van der Waals surface area contributed by atoms with Crippen LogP contribution in [0.3, 0.4) is 0 Å². The van der Waals surface area contributed by atoms with Gasteiger partial charge < -0.3 is 14.9 Å². The summed E-state index contributed by atoms with van der Waals surface area (Å²) in [6.07, 6.45) is 0.347. The summed E-state index contributed by atoms with van der Waals surface area (Å²) in [5.74, 6) is -2.01. The molecule has 0 aromatic heterocycles. The molecule has 18 heavy (non-hydrogen) atoms. The minimum absolute atomic E-state index is 0.161. The summed E-state index contributed by atoms with van der Waals surface area (Å²) in [7, 11) is 4.54. The second-order valence-corrected chi connectivity index (χ2v) is 4.64. The van der Waals surface area contributed by atoms with Crippen molar-refractivity contribution in [1.82, 2.24) is 9.80 Å². The molecule has 0 aliphatic rings. The first-order valence-corrected chi connectivity index (χ1v) is 5.90. The van der Waals surface area contributed by atoms with Gasteiger partial charge in [-0.15, -0.1) is 0 Å². The monoisotopic (exact) mass is 258 g/mol. The van der Waals surface area contributed by atoms with Crippen LogP contribution in [0, 0.1) is 5.92 Å². The molecule has 104 valence electrons. The zero-order chi connectivity index (χ0) is 14.5. The standard InChI is InChI=1S/C12H22N2O4/c1-6-8(2)11(12(17)18)14(5)10(16)7-9(15)13(3)4/h8,11H,6-7H2,1-5H3,(H,17,18). The molecule has 0 aromatic rings. The van der Waals surface area contributed by atoms with E-state index in [2.05, 4.69) is 0 Å². The van der Waals surface area contributed by atoms with Gasteiger partial charge in [-0.2, -0.15) is 0 Å². The van der Waals surface area contributed by atoms with Gasteiger partial charge in [-0.1, -0.05) is 20.3 Å². The van der Waals surface area contributed by atoms with Gasteiger partial charge in [-0.25, -0.2) is 4.79 Å². The van der Waals surface area contributed by atoms with Crippen LogP contribution < -0.4 is 0 Å². The first-order chi connectivity index (χ1) is 8.22. The zero-order valence-corrected chi connectivity index (χ0v) is 11.6. The summed E-state index contributed by atoms with van der Waals surface area (Å²) < 4.78 is 0. The molecule has 0 fully saturated rings. The number of carboxylic acids is 1. The molecule has 0 radical (unpaired) electrons. The molecule has 0 saturated carbocycles. The van der Waals surface area contributed by atoms with Crippen molar-refractivity contribution in [2.75, 3.05) is 21.1 Å². The van der Waals surface area contributed by atoms with Crippen molar-refractivity contribution in [2.24, 2.45) is 5.92 Å². The van der Waals surface area contributed by atoms with Crippen LogP contribution in [0.4, 0.5) is 0 Å². The Labute approximate surface area is 108 Å². The van der Waals surface area contributed by atoms with Crippen LogP contribution in [0.15, 0.2) is 0 Å². The summed E-state index contributed by atoms with van der Waals surface area (Å²) in [5, 5.41) is 9.15. The van der Waals surface area contributed by atoms with Crippen molar-refractivity contribution in [1.29, 1.82) is 0 Å². The van der Waals surface area contributed by atoms with Gasteiger partial charge in [0.15, 0.2) is 0 Å². The quantitative estimate of drug-likeness (QED) is 0.700. The molecule has 0 aliphatic carbocycles. The van der Waals surface area contributed by atoms with E-state index in [0.29, 0.717) is 6.42 Å². The van der Waals surface area contributed by atoms with Gasteiger partial charge >= 0.3 is 5.97 Å². The lowest BCUT2D eigenvalue weighted by molar-refractivity contribution is -0.153. The highest BCUT2D eigenvalue weighted by Crippen LogP contribution is 2.15. The number of carbonyl (C=O) groups excluding carboxylic acids is 2. The van der Waals surface area contributed by atoms with E-state index in [1.807, 2.05) is 6.92 Å². The topological polar surface area (TPSA) is 77.9 Å². The predicted octanol–water partition coefficient (Wildman–Crippen LogP) is 0.422. The Morgan fingerprint density at radius 3 is 1.94 bits per heavy atom. The smallest absolute Gasteiger partial charge is 0.326 e. The van der Waals surface area contributed by atoms with E-state index in [4.69, 9.17) is 5.11 Å². The van der Waals surface area contributed by atoms with Crippen molar-refractivity contribution in [3.05, 3.63) is 0 Å². The minimum Gasteiger partial charge on any atom is -0.480 e. The summed E-state index contributed by atoms with van der Waals surface area (Å²) >= 11 is 0. The van der Waals surface area contributed by atoms with Gasteiger partial charge in [-0.05, 0) is 5.92 Å². The van der Waals surface area contributed by atoms with Crippen LogP contribution in [0.5, 0.6) is 0 Å². The maximum atomic E-state index is 11.8. The molecule has 1 N–H and O–H groups in total. The number of carbonyl (C=O) groups is 3. The normalized spacial score (nSPS) is 13.6. The Hall–Kier alpha value is -1.59. The number of amides is 2. The van der Waals surface area contributed by atoms with Gasteiger partial charge in [0.25, 0.3) is 0 Å². The maximum Gasteiger partial charge on any atom is 0.326 e. The lowest BCUT2D eigenvalue weighted by atomic mass is 9.98. The van der Waals surface area contributed by atoms with E-state index in [1.54, 1.807) is 21.0 Å². The second kappa shape index (κ2) is 6.98. The fourth-order valence-electron chi connectivity index (χ4n) is 1.58. The first-order valence-electron chi connectivity index (χ1n) is 5.90. The average Bonchev–Trinajstić information content (AvgIpc) is 2.27. The van der Waals surface area contributed by atoms with Gasteiger partial charge in [0.1, 0.15) is 12.5 Å². The van der Waals surface area contributed by atoms with Crippen molar-refractivity contribution < 1.29 is 19.5 Å². The molecule has 0 saturated heterocycles. The van der Waals surface area contributed by atoms with Crippen molar-refractivity contribution in [3.8, 4) is 0 Å². The number of aliphatic carboxylic acids is 1. The predicted molar refractivity (Wildman–Crippen MR) is 67.0 cm³/mol. The van der Waals surface area contributed by atoms with Crippen LogP contribution in [0.1, 0.15) is 26.7 Å². The third kappa shape index (κ3) is 4.35. The summed E-state index contributed by atoms with van der Waals surface area (Å²) in [6.45, 7) is 3.64. The number of hydrogen-bond acceptors (Lipinski definition) is 3. The molecular weight excluding hydrogens is 236 g/mol. The van der Waals surface area contributed by atoms with Crippen molar-refractivity contribution in [3.63, 3.8) is 0 Å². The van der Waals surface area contributed by atoms with Crippen LogP contribution in [-0.4, -0.2) is 59.9 Å². The number of carboxylic acid groups (broad SMARTS) is 1. The van der Waals surface area contributed by atoms with E-state index in [0.717, 1.165) is 4.90 Å². The van der Waals surface area contributed by atoms with E-state index in [9.17, 15) is 14.4 Å². The minimum atomic E-state index is -1.04. The van der Waals surface area contributed by atoms with Crippen LogP contribution in [0.2, 0.25) is 0 Å². The Kier molecular flexibility index (Phi) is 6.36. The Bertz CT molecular complexity index is 328. The van der Waals surface area contributed by atoms with E-state index in [-0.39, 0.29) is 18.2 Å². The molecule has 0 rings (SSSR count). The average molecular weight is 258 g/mol. The van der Waals surface area contributed by atoms with Crippen molar-refractivity contribution in [2.45, 2.75) is 32.7 Å². The Morgan fingerprint density at radius 2 is 1.61 bits per heavy atom. The Balaban J connectivity index is 4.78. The number of likely N-dealkylation sites (N-methyl/N-ethyl adjacent to an activating group) is 1. The van der Waals surface area contributed by atoms with Crippen molar-refractivity contribution >= 4 is 17.8 Å². The highest BCUT2D eigenvalue weighted by Gasteiger charge is 2.31. The second-order valence-electron chi connectivity index (χ2n) is 4.64. The van der Waals surface area contributed by atoms with E-state index >= 15 is 0 Å².